The third-order valence-corrected chi connectivity index (χ3v) is 3.57. The average molecular weight is 273 g/mol. The molecule has 0 fully saturated rings. The van der Waals surface area contributed by atoms with Gasteiger partial charge in [0, 0.05) is 18.1 Å². The number of nitro groups is 1. The van der Waals surface area contributed by atoms with Gasteiger partial charge < -0.3 is 5.32 Å². The van der Waals surface area contributed by atoms with Crippen molar-refractivity contribution in [2.45, 2.75) is 19.3 Å². The molecule has 1 rings (SSSR count). The topological polar surface area (TPSA) is 68.1 Å². The molecule has 0 aliphatic rings. The third-order valence-electron chi connectivity index (χ3n) is 2.04. The van der Waals surface area contributed by atoms with Crippen molar-refractivity contribution in [3.8, 4) is 0 Å². The van der Waals surface area contributed by atoms with Crippen LogP contribution >= 0.6 is 23.1 Å². The van der Waals surface area contributed by atoms with Gasteiger partial charge in [0.25, 0.3) is 6.20 Å². The summed E-state index contributed by atoms with van der Waals surface area (Å²) in [6, 6.07) is 0. The van der Waals surface area contributed by atoms with E-state index < -0.39 is 4.92 Å². The molecule has 0 saturated carbocycles. The van der Waals surface area contributed by atoms with Crippen LogP contribution in [0.4, 0.5) is 0 Å². The number of aryl methyl sites for hydroxylation is 1. The van der Waals surface area contributed by atoms with E-state index >= 15 is 0 Å². The van der Waals surface area contributed by atoms with Crippen LogP contribution in [-0.2, 0) is 6.42 Å². The molecule has 0 saturated heterocycles. The second-order valence-corrected chi connectivity index (χ2v) is 5.12. The summed E-state index contributed by atoms with van der Waals surface area (Å²) < 4.78 is 0. The summed E-state index contributed by atoms with van der Waals surface area (Å²) in [7, 11) is 0. The van der Waals surface area contributed by atoms with Gasteiger partial charge in [-0.3, -0.25) is 10.1 Å². The van der Waals surface area contributed by atoms with Crippen LogP contribution in [0.3, 0.4) is 0 Å². The predicted molar refractivity (Wildman–Crippen MR) is 71.6 cm³/mol. The van der Waals surface area contributed by atoms with Crippen LogP contribution in [0.25, 0.3) is 0 Å². The summed E-state index contributed by atoms with van der Waals surface area (Å²) in [6.45, 7) is 0.756. The van der Waals surface area contributed by atoms with Crippen molar-refractivity contribution in [3.63, 3.8) is 0 Å². The van der Waals surface area contributed by atoms with E-state index in [-0.39, 0.29) is 0 Å². The standard InChI is InChI=1S/C10H15N3O2S2/c1-16-10(8-13(14)15)11-5-3-2-4-9-12-6-7-17-9/h6-8,11H,2-5H2,1H3. The average Bonchev–Trinajstić information content (AvgIpc) is 2.79. The minimum Gasteiger partial charge on any atom is -0.375 e. The first kappa shape index (κ1) is 14.0. The minimum absolute atomic E-state index is 0.436. The van der Waals surface area contributed by atoms with Crippen LogP contribution in [0.2, 0.25) is 0 Å². The first-order chi connectivity index (χ1) is 8.22. The Morgan fingerprint density at radius 2 is 2.53 bits per heavy atom. The van der Waals surface area contributed by atoms with Crippen molar-refractivity contribution in [3.05, 3.63) is 37.9 Å². The molecule has 0 aliphatic heterocycles. The normalized spacial score (nSPS) is 11.5. The van der Waals surface area contributed by atoms with Crippen molar-refractivity contribution in [1.29, 1.82) is 0 Å². The lowest BCUT2D eigenvalue weighted by Crippen LogP contribution is -2.13. The molecule has 1 N–H and O–H groups in total. The highest BCUT2D eigenvalue weighted by molar-refractivity contribution is 8.02. The molecule has 0 unspecified atom stereocenters. The van der Waals surface area contributed by atoms with Gasteiger partial charge in [0.1, 0.15) is 5.03 Å². The third kappa shape index (κ3) is 6.28. The highest BCUT2D eigenvalue weighted by atomic mass is 32.2. The Labute approximate surface area is 108 Å². The molecular weight excluding hydrogens is 258 g/mol. The molecule has 94 valence electrons. The maximum absolute atomic E-state index is 10.3. The van der Waals surface area contributed by atoms with Crippen LogP contribution < -0.4 is 5.32 Å². The Morgan fingerprint density at radius 3 is 3.12 bits per heavy atom. The molecular formula is C10H15N3O2S2. The molecule has 7 heteroatoms. The van der Waals surface area contributed by atoms with Gasteiger partial charge in [-0.2, -0.15) is 0 Å². The van der Waals surface area contributed by atoms with E-state index in [1.54, 1.807) is 11.3 Å². The number of aromatic nitrogens is 1. The first-order valence-electron chi connectivity index (χ1n) is 5.24. The molecule has 0 radical (unpaired) electrons. The summed E-state index contributed by atoms with van der Waals surface area (Å²) in [5.41, 5.74) is 0. The Balaban J connectivity index is 2.13. The molecule has 1 aromatic heterocycles. The quantitative estimate of drug-likeness (QED) is 0.448. The lowest BCUT2D eigenvalue weighted by atomic mass is 10.2. The van der Waals surface area contributed by atoms with Crippen LogP contribution in [0.5, 0.6) is 0 Å². The Kier molecular flexibility index (Phi) is 6.64. The summed E-state index contributed by atoms with van der Waals surface area (Å²) in [4.78, 5) is 14.0. The monoisotopic (exact) mass is 273 g/mol. The molecule has 1 heterocycles. The number of thioether (sulfide) groups is 1. The summed E-state index contributed by atoms with van der Waals surface area (Å²) in [5, 5.41) is 17.0. The van der Waals surface area contributed by atoms with Crippen molar-refractivity contribution < 1.29 is 4.92 Å². The zero-order chi connectivity index (χ0) is 12.5. The number of nitrogens with zero attached hydrogens (tertiary/aromatic N) is 2. The SMILES string of the molecule is CSC(=C[N+](=O)[O-])NCCCCc1nccs1. The second-order valence-electron chi connectivity index (χ2n) is 3.29. The largest absolute Gasteiger partial charge is 0.375 e. The molecule has 0 aliphatic carbocycles. The molecule has 0 bridgehead atoms. The van der Waals surface area contributed by atoms with Crippen LogP contribution in [0, 0.1) is 10.1 Å². The van der Waals surface area contributed by atoms with Gasteiger partial charge >= 0.3 is 0 Å². The summed E-state index contributed by atoms with van der Waals surface area (Å²) in [5.74, 6) is 0. The Morgan fingerprint density at radius 1 is 1.71 bits per heavy atom. The van der Waals surface area contributed by atoms with E-state index in [4.69, 9.17) is 0 Å². The minimum atomic E-state index is -0.436. The molecule has 0 atom stereocenters. The van der Waals surface area contributed by atoms with E-state index in [2.05, 4.69) is 10.3 Å². The number of nitrogens with one attached hydrogen (secondary N) is 1. The molecule has 1 aromatic rings. The highest BCUT2D eigenvalue weighted by Gasteiger charge is 2.00. The van der Waals surface area contributed by atoms with Gasteiger partial charge in [0.05, 0.1) is 9.93 Å². The van der Waals surface area contributed by atoms with E-state index in [1.165, 1.54) is 11.8 Å². The van der Waals surface area contributed by atoms with Crippen LogP contribution in [-0.4, -0.2) is 22.7 Å². The highest BCUT2D eigenvalue weighted by Crippen LogP contribution is 2.09. The summed E-state index contributed by atoms with van der Waals surface area (Å²) >= 11 is 3.02. The van der Waals surface area contributed by atoms with Crippen molar-refractivity contribution in [2.75, 3.05) is 12.8 Å². The number of hydrogen-bond donors (Lipinski definition) is 1. The van der Waals surface area contributed by atoms with Crippen molar-refractivity contribution in [2.24, 2.45) is 0 Å². The molecule has 0 aromatic carbocycles. The fraction of sp³-hybridized carbons (Fsp3) is 0.500. The number of unbranched alkanes of at least 4 members (excludes halogenated alkanes) is 1. The Hall–Kier alpha value is -1.08. The van der Waals surface area contributed by atoms with Crippen LogP contribution in [0.1, 0.15) is 17.8 Å². The van der Waals surface area contributed by atoms with E-state index in [1.807, 2.05) is 17.8 Å². The fourth-order valence-corrected chi connectivity index (χ4v) is 2.36. The lowest BCUT2D eigenvalue weighted by Gasteiger charge is -2.05. The van der Waals surface area contributed by atoms with Gasteiger partial charge in [-0.25, -0.2) is 4.98 Å². The zero-order valence-electron chi connectivity index (χ0n) is 9.59. The van der Waals surface area contributed by atoms with Gasteiger partial charge in [-0.15, -0.1) is 23.1 Å². The van der Waals surface area contributed by atoms with E-state index in [9.17, 15) is 10.1 Å². The summed E-state index contributed by atoms with van der Waals surface area (Å²) in [6.07, 6.45) is 7.63. The second kappa shape index (κ2) is 8.08. The smallest absolute Gasteiger partial charge is 0.263 e. The molecule has 5 nitrogen and oxygen atoms in total. The van der Waals surface area contributed by atoms with E-state index in [0.717, 1.165) is 37.0 Å². The first-order valence-corrected chi connectivity index (χ1v) is 7.34. The van der Waals surface area contributed by atoms with Gasteiger partial charge in [-0.05, 0) is 25.5 Å². The fourth-order valence-electron chi connectivity index (χ4n) is 1.26. The number of hydrogen-bond acceptors (Lipinski definition) is 6. The number of rotatable bonds is 8. The maximum Gasteiger partial charge on any atom is 0.263 e. The van der Waals surface area contributed by atoms with Crippen molar-refractivity contribution in [1.82, 2.24) is 10.3 Å². The van der Waals surface area contributed by atoms with Gasteiger partial charge in [-0.1, -0.05) is 0 Å². The van der Waals surface area contributed by atoms with Crippen LogP contribution in [0.15, 0.2) is 22.8 Å². The van der Waals surface area contributed by atoms with Gasteiger partial charge in [0.2, 0.25) is 0 Å². The Bertz CT molecular complexity index is 366. The number of thiazole rings is 1. The lowest BCUT2D eigenvalue weighted by molar-refractivity contribution is -0.403. The van der Waals surface area contributed by atoms with E-state index in [0.29, 0.717) is 5.03 Å². The molecule has 0 spiro atoms. The van der Waals surface area contributed by atoms with Crippen molar-refractivity contribution >= 4 is 23.1 Å². The maximum atomic E-state index is 10.3. The zero-order valence-corrected chi connectivity index (χ0v) is 11.2. The molecule has 17 heavy (non-hydrogen) atoms. The predicted octanol–water partition coefficient (Wildman–Crippen LogP) is 2.49. The molecule has 0 amide bonds. The van der Waals surface area contributed by atoms with Gasteiger partial charge in [0.15, 0.2) is 0 Å².